The Balaban J connectivity index is 4.27. The molecule has 0 N–H and O–H groups in total. The lowest BCUT2D eigenvalue weighted by Crippen LogP contribution is -2.35. The summed E-state index contributed by atoms with van der Waals surface area (Å²) in [6, 6.07) is 0. The van der Waals surface area contributed by atoms with Crippen molar-refractivity contribution < 1.29 is 39.9 Å². The molecule has 0 aliphatic carbocycles. The van der Waals surface area contributed by atoms with Gasteiger partial charge in [-0.05, 0) is 0 Å². The first-order chi connectivity index (χ1) is 6.04. The summed E-state index contributed by atoms with van der Waals surface area (Å²) in [5.41, 5.74) is 0. The van der Waals surface area contributed by atoms with Crippen molar-refractivity contribution in [3.63, 3.8) is 0 Å². The van der Waals surface area contributed by atoms with Crippen LogP contribution in [0.5, 0.6) is 0 Å². The van der Waals surface area contributed by atoms with Gasteiger partial charge in [-0.25, -0.2) is 8.78 Å². The Morgan fingerprint density at radius 2 is 1.36 bits per heavy atom. The molecule has 0 heterocycles. The Hall–Kier alpha value is -0.600. The molecule has 0 aliphatic rings. The Morgan fingerprint density at radius 3 is 1.57 bits per heavy atom. The van der Waals surface area contributed by atoms with Crippen molar-refractivity contribution in [2.75, 3.05) is 6.61 Å². The molecule has 0 spiro atoms. The van der Waals surface area contributed by atoms with Gasteiger partial charge in [0.2, 0.25) is 0 Å². The van der Waals surface area contributed by atoms with E-state index in [0.29, 0.717) is 0 Å². The molecule has 1 nitrogen and oxygen atoms in total. The van der Waals surface area contributed by atoms with Crippen molar-refractivity contribution in [2.24, 2.45) is 5.92 Å². The molecule has 14 heavy (non-hydrogen) atoms. The maximum Gasteiger partial charge on any atom is 0.522 e. The van der Waals surface area contributed by atoms with Gasteiger partial charge in [-0.3, -0.25) is 4.74 Å². The minimum atomic E-state index is -5.42. The summed E-state index contributed by atoms with van der Waals surface area (Å²) in [4.78, 5) is 0. The number of ether oxygens (including phenoxy) is 1. The van der Waals surface area contributed by atoms with Crippen LogP contribution in [0.4, 0.5) is 35.1 Å². The zero-order chi connectivity index (χ0) is 11.6. The minimum absolute atomic E-state index is 2.13. The van der Waals surface area contributed by atoms with Gasteiger partial charge in [0.1, 0.15) is 5.92 Å². The third-order valence-corrected chi connectivity index (χ3v) is 1.15. The van der Waals surface area contributed by atoms with Gasteiger partial charge in [-0.1, -0.05) is 0 Å². The van der Waals surface area contributed by atoms with Crippen LogP contribution in [0.25, 0.3) is 0 Å². The molecule has 86 valence electrons. The Morgan fingerprint density at radius 1 is 0.929 bits per heavy atom. The zero-order valence-electron chi connectivity index (χ0n) is 6.29. The molecule has 0 aliphatic heterocycles. The molecule has 0 fully saturated rings. The van der Waals surface area contributed by atoms with Crippen LogP contribution in [0.2, 0.25) is 0 Å². The highest BCUT2D eigenvalue weighted by molar-refractivity contribution is 4.69. The molecule has 0 aromatic heterocycles. The van der Waals surface area contributed by atoms with Gasteiger partial charge < -0.3 is 0 Å². The monoisotopic (exact) mass is 232 g/mol. The van der Waals surface area contributed by atoms with Crippen molar-refractivity contribution in [3.05, 3.63) is 0 Å². The van der Waals surface area contributed by atoms with E-state index in [-0.39, 0.29) is 0 Å². The van der Waals surface area contributed by atoms with Gasteiger partial charge in [0.05, 0.1) is 6.61 Å². The van der Waals surface area contributed by atoms with Crippen molar-refractivity contribution in [1.29, 1.82) is 0 Å². The molecular weight excluding hydrogens is 228 g/mol. The van der Waals surface area contributed by atoms with E-state index in [9.17, 15) is 35.1 Å². The normalized spacial score (nSPS) is 16.1. The Kier molecular flexibility index (Phi) is 4.10. The average Bonchev–Trinajstić information content (AvgIpc) is 1.79. The van der Waals surface area contributed by atoms with Gasteiger partial charge in [0.15, 0.2) is 0 Å². The minimum Gasteiger partial charge on any atom is -0.291 e. The Bertz CT molecular complexity index is 170. The maximum atomic E-state index is 11.6. The lowest BCUT2D eigenvalue weighted by molar-refractivity contribution is -0.343. The third-order valence-electron chi connectivity index (χ3n) is 1.15. The summed E-state index contributed by atoms with van der Waals surface area (Å²) in [6.07, 6.45) is -14.7. The second-order valence-corrected chi connectivity index (χ2v) is 2.24. The van der Waals surface area contributed by atoms with Crippen molar-refractivity contribution in [2.45, 2.75) is 19.0 Å². The topological polar surface area (TPSA) is 9.23 Å². The fourth-order valence-corrected chi connectivity index (χ4v) is 0.494. The van der Waals surface area contributed by atoms with Crippen LogP contribution in [0.15, 0.2) is 0 Å². The molecular formula is C5H4F8O. The SMILES string of the molecule is FC(F)C(COC(F)(F)F)C(F)(F)F. The van der Waals surface area contributed by atoms with Gasteiger partial charge in [-0.2, -0.15) is 13.2 Å². The highest BCUT2D eigenvalue weighted by Crippen LogP contribution is 2.32. The molecule has 0 rings (SSSR count). The number of hydrogen-bond donors (Lipinski definition) is 0. The lowest BCUT2D eigenvalue weighted by atomic mass is 10.1. The fraction of sp³-hybridized carbons (Fsp3) is 1.00. The van der Waals surface area contributed by atoms with Gasteiger partial charge in [0.25, 0.3) is 6.43 Å². The third kappa shape index (κ3) is 5.20. The van der Waals surface area contributed by atoms with Gasteiger partial charge >= 0.3 is 12.5 Å². The van der Waals surface area contributed by atoms with E-state index in [2.05, 4.69) is 4.74 Å². The first-order valence-corrected chi connectivity index (χ1v) is 3.09. The van der Waals surface area contributed by atoms with Crippen molar-refractivity contribution in [1.82, 2.24) is 0 Å². The summed E-state index contributed by atoms with van der Waals surface area (Å²) < 4.78 is 94.4. The second kappa shape index (κ2) is 4.28. The number of rotatable bonds is 3. The molecule has 9 heteroatoms. The van der Waals surface area contributed by atoms with Crippen LogP contribution in [-0.2, 0) is 4.74 Å². The zero-order valence-corrected chi connectivity index (χ0v) is 6.29. The lowest BCUT2D eigenvalue weighted by Gasteiger charge is -2.19. The predicted molar refractivity (Wildman–Crippen MR) is 27.6 cm³/mol. The van der Waals surface area contributed by atoms with E-state index in [1.165, 1.54) is 0 Å². The molecule has 1 atom stereocenters. The van der Waals surface area contributed by atoms with Crippen LogP contribution in [0, 0.1) is 5.92 Å². The molecule has 0 aromatic carbocycles. The van der Waals surface area contributed by atoms with Gasteiger partial charge in [0, 0.05) is 0 Å². The summed E-state index contributed by atoms with van der Waals surface area (Å²) in [6.45, 7) is -2.13. The summed E-state index contributed by atoms with van der Waals surface area (Å²) in [5.74, 6) is -3.43. The van der Waals surface area contributed by atoms with E-state index in [4.69, 9.17) is 0 Å². The van der Waals surface area contributed by atoms with E-state index in [0.717, 1.165) is 0 Å². The number of alkyl halides is 8. The molecule has 0 saturated carbocycles. The highest BCUT2D eigenvalue weighted by Gasteiger charge is 2.48. The van der Waals surface area contributed by atoms with Crippen LogP contribution in [0.1, 0.15) is 0 Å². The molecule has 0 bridgehead atoms. The van der Waals surface area contributed by atoms with E-state index < -0.39 is 31.5 Å². The largest absolute Gasteiger partial charge is 0.522 e. The quantitative estimate of drug-likeness (QED) is 0.679. The average molecular weight is 232 g/mol. The smallest absolute Gasteiger partial charge is 0.291 e. The van der Waals surface area contributed by atoms with Crippen molar-refractivity contribution >= 4 is 0 Å². The summed E-state index contributed by atoms with van der Waals surface area (Å²) >= 11 is 0. The summed E-state index contributed by atoms with van der Waals surface area (Å²) in [5, 5.41) is 0. The highest BCUT2D eigenvalue weighted by atomic mass is 19.4. The van der Waals surface area contributed by atoms with E-state index in [1.807, 2.05) is 0 Å². The van der Waals surface area contributed by atoms with E-state index >= 15 is 0 Å². The first kappa shape index (κ1) is 13.4. The first-order valence-electron chi connectivity index (χ1n) is 3.09. The van der Waals surface area contributed by atoms with Crippen LogP contribution >= 0.6 is 0 Å². The molecule has 0 amide bonds. The summed E-state index contributed by atoms with van der Waals surface area (Å²) in [7, 11) is 0. The number of halogens is 8. The number of hydrogen-bond acceptors (Lipinski definition) is 1. The van der Waals surface area contributed by atoms with Crippen LogP contribution in [0.3, 0.4) is 0 Å². The maximum absolute atomic E-state index is 11.6. The van der Waals surface area contributed by atoms with Gasteiger partial charge in [-0.15, -0.1) is 13.2 Å². The Labute approximate surface area is 72.6 Å². The molecule has 0 saturated heterocycles. The molecule has 0 radical (unpaired) electrons. The second-order valence-electron chi connectivity index (χ2n) is 2.24. The van der Waals surface area contributed by atoms with Crippen LogP contribution in [-0.4, -0.2) is 25.6 Å². The molecule has 1 unspecified atom stereocenters. The fourth-order valence-electron chi connectivity index (χ4n) is 0.494. The van der Waals surface area contributed by atoms with Crippen molar-refractivity contribution in [3.8, 4) is 0 Å². The van der Waals surface area contributed by atoms with E-state index in [1.54, 1.807) is 0 Å². The predicted octanol–water partition coefficient (Wildman–Crippen LogP) is 2.97. The molecule has 0 aromatic rings. The standard InChI is InChI=1S/C5H4F8O/c6-3(7)2(4(8,9)10)1-14-5(11,12)13/h2-3H,1H2. The van der Waals surface area contributed by atoms with Crippen LogP contribution < -0.4 is 0 Å².